The van der Waals surface area contributed by atoms with Crippen LogP contribution in [0, 0.1) is 0 Å². The molecule has 1 amide bonds. The minimum Gasteiger partial charge on any atom is -0.305 e. The fourth-order valence-electron chi connectivity index (χ4n) is 2.75. The average molecular weight is 404 g/mol. The highest BCUT2D eigenvalue weighted by molar-refractivity contribution is 7.14. The fraction of sp³-hybridized carbons (Fsp3) is 0.190. The first-order valence-corrected chi connectivity index (χ1v) is 10.1. The molecule has 2 nitrogen and oxygen atoms in total. The van der Waals surface area contributed by atoms with Gasteiger partial charge in [-0.3, -0.25) is 4.79 Å². The summed E-state index contributed by atoms with van der Waals surface area (Å²) in [6, 6.07) is 17.3. The standard InChI is InChI=1S/C21H19Cl2NOS/c1-3-14(2)24(21(25)18-10-9-16(22)11-19(18)23)17-12-20(26-13-17)15-7-5-4-6-8-15/h4-14H,3H2,1-2H3. The Morgan fingerprint density at radius 1 is 1.12 bits per heavy atom. The summed E-state index contributed by atoms with van der Waals surface area (Å²) in [5.74, 6) is -0.113. The lowest BCUT2D eigenvalue weighted by Gasteiger charge is -2.28. The van der Waals surface area contributed by atoms with Gasteiger partial charge in [0, 0.05) is 21.3 Å². The Morgan fingerprint density at radius 3 is 2.50 bits per heavy atom. The van der Waals surface area contributed by atoms with Crippen molar-refractivity contribution >= 4 is 46.1 Å². The lowest BCUT2D eigenvalue weighted by Crippen LogP contribution is -2.38. The van der Waals surface area contributed by atoms with Crippen molar-refractivity contribution in [1.82, 2.24) is 0 Å². The number of hydrogen-bond donors (Lipinski definition) is 0. The Kier molecular flexibility index (Phi) is 6.02. The van der Waals surface area contributed by atoms with E-state index in [2.05, 4.69) is 25.1 Å². The van der Waals surface area contributed by atoms with Crippen molar-refractivity contribution in [2.24, 2.45) is 0 Å². The number of thiophene rings is 1. The normalized spacial score (nSPS) is 12.0. The van der Waals surface area contributed by atoms with Gasteiger partial charge in [-0.25, -0.2) is 0 Å². The Labute approximate surface area is 168 Å². The van der Waals surface area contributed by atoms with Gasteiger partial charge in [0.15, 0.2) is 0 Å². The predicted octanol–water partition coefficient (Wildman–Crippen LogP) is 7.17. The molecule has 0 aliphatic carbocycles. The van der Waals surface area contributed by atoms with Crippen LogP contribution in [0.1, 0.15) is 30.6 Å². The fourth-order valence-corrected chi connectivity index (χ4v) is 4.13. The van der Waals surface area contributed by atoms with Gasteiger partial charge in [-0.1, -0.05) is 60.5 Å². The first-order chi connectivity index (χ1) is 12.5. The van der Waals surface area contributed by atoms with Crippen LogP contribution >= 0.6 is 34.5 Å². The first-order valence-electron chi connectivity index (χ1n) is 8.43. The summed E-state index contributed by atoms with van der Waals surface area (Å²) in [5, 5.41) is 2.91. The van der Waals surface area contributed by atoms with E-state index >= 15 is 0 Å². The molecule has 3 rings (SSSR count). The maximum atomic E-state index is 13.2. The smallest absolute Gasteiger partial charge is 0.260 e. The van der Waals surface area contributed by atoms with E-state index < -0.39 is 0 Å². The first kappa shape index (κ1) is 19.0. The molecule has 0 radical (unpaired) electrons. The van der Waals surface area contributed by atoms with E-state index in [1.807, 2.05) is 35.4 Å². The van der Waals surface area contributed by atoms with Gasteiger partial charge in [-0.05, 0) is 43.2 Å². The molecule has 26 heavy (non-hydrogen) atoms. The highest BCUT2D eigenvalue weighted by Crippen LogP contribution is 2.34. The molecule has 0 N–H and O–H groups in total. The summed E-state index contributed by atoms with van der Waals surface area (Å²) in [4.78, 5) is 16.2. The van der Waals surface area contributed by atoms with Gasteiger partial charge in [0.05, 0.1) is 16.3 Å². The Balaban J connectivity index is 1.99. The average Bonchev–Trinajstić information content (AvgIpc) is 3.12. The second kappa shape index (κ2) is 8.26. The molecule has 1 atom stereocenters. The Morgan fingerprint density at radius 2 is 1.85 bits per heavy atom. The summed E-state index contributed by atoms with van der Waals surface area (Å²) in [6.07, 6.45) is 0.841. The molecule has 0 saturated carbocycles. The third-order valence-electron chi connectivity index (χ3n) is 4.33. The van der Waals surface area contributed by atoms with Crippen molar-refractivity contribution in [2.45, 2.75) is 26.3 Å². The molecular weight excluding hydrogens is 385 g/mol. The van der Waals surface area contributed by atoms with Crippen LogP contribution in [0.4, 0.5) is 5.69 Å². The van der Waals surface area contributed by atoms with Gasteiger partial charge < -0.3 is 4.90 Å². The summed E-state index contributed by atoms with van der Waals surface area (Å²) >= 11 is 13.9. The van der Waals surface area contributed by atoms with Crippen molar-refractivity contribution in [3.05, 3.63) is 75.6 Å². The zero-order valence-corrected chi connectivity index (χ0v) is 16.9. The van der Waals surface area contributed by atoms with Crippen LogP contribution in [-0.2, 0) is 0 Å². The number of rotatable bonds is 5. The molecule has 1 aromatic heterocycles. The van der Waals surface area contributed by atoms with Gasteiger partial charge in [-0.15, -0.1) is 11.3 Å². The van der Waals surface area contributed by atoms with Crippen molar-refractivity contribution in [3.63, 3.8) is 0 Å². The molecule has 1 unspecified atom stereocenters. The summed E-state index contributed by atoms with van der Waals surface area (Å²) in [7, 11) is 0. The van der Waals surface area contributed by atoms with E-state index in [-0.39, 0.29) is 11.9 Å². The highest BCUT2D eigenvalue weighted by Gasteiger charge is 2.25. The molecule has 5 heteroatoms. The summed E-state index contributed by atoms with van der Waals surface area (Å²) in [5.41, 5.74) is 2.49. The maximum absolute atomic E-state index is 13.2. The topological polar surface area (TPSA) is 20.3 Å². The van der Waals surface area contributed by atoms with Gasteiger partial charge in [-0.2, -0.15) is 0 Å². The Hall–Kier alpha value is -1.81. The zero-order valence-electron chi connectivity index (χ0n) is 14.6. The second-order valence-corrected chi connectivity index (χ2v) is 7.85. The molecule has 0 aliphatic heterocycles. The maximum Gasteiger partial charge on any atom is 0.260 e. The molecule has 1 heterocycles. The molecule has 2 aromatic carbocycles. The van der Waals surface area contributed by atoms with E-state index in [9.17, 15) is 4.79 Å². The minimum atomic E-state index is -0.113. The van der Waals surface area contributed by atoms with Crippen LogP contribution in [0.2, 0.25) is 10.0 Å². The minimum absolute atomic E-state index is 0.0486. The number of nitrogens with zero attached hydrogens (tertiary/aromatic N) is 1. The predicted molar refractivity (Wildman–Crippen MR) is 113 cm³/mol. The van der Waals surface area contributed by atoms with Crippen molar-refractivity contribution in [3.8, 4) is 10.4 Å². The third-order valence-corrected chi connectivity index (χ3v) is 5.85. The van der Waals surface area contributed by atoms with Crippen LogP contribution < -0.4 is 4.90 Å². The molecule has 0 spiro atoms. The number of carbonyl (C=O) groups excluding carboxylic acids is 1. The highest BCUT2D eigenvalue weighted by atomic mass is 35.5. The summed E-state index contributed by atoms with van der Waals surface area (Å²) < 4.78 is 0. The van der Waals surface area contributed by atoms with Crippen molar-refractivity contribution in [2.75, 3.05) is 4.90 Å². The zero-order chi connectivity index (χ0) is 18.7. The van der Waals surface area contributed by atoms with Crippen LogP contribution in [0.3, 0.4) is 0 Å². The molecule has 0 saturated heterocycles. The third kappa shape index (κ3) is 3.96. The van der Waals surface area contributed by atoms with Crippen molar-refractivity contribution in [1.29, 1.82) is 0 Å². The molecule has 0 fully saturated rings. The molecule has 134 valence electrons. The summed E-state index contributed by atoms with van der Waals surface area (Å²) in [6.45, 7) is 4.11. The number of benzene rings is 2. The molecule has 3 aromatic rings. The van der Waals surface area contributed by atoms with Gasteiger partial charge >= 0.3 is 0 Å². The van der Waals surface area contributed by atoms with E-state index in [4.69, 9.17) is 23.2 Å². The largest absolute Gasteiger partial charge is 0.305 e. The number of anilines is 1. The van der Waals surface area contributed by atoms with Gasteiger partial charge in [0.1, 0.15) is 0 Å². The molecular formula is C21H19Cl2NOS. The van der Waals surface area contributed by atoms with Crippen molar-refractivity contribution < 1.29 is 4.79 Å². The second-order valence-electron chi connectivity index (χ2n) is 6.09. The van der Waals surface area contributed by atoms with Crippen LogP contribution in [0.25, 0.3) is 10.4 Å². The van der Waals surface area contributed by atoms with E-state index in [1.165, 1.54) is 0 Å². The monoisotopic (exact) mass is 403 g/mol. The number of halogens is 2. The molecule has 0 bridgehead atoms. The van der Waals surface area contributed by atoms with E-state index in [0.29, 0.717) is 15.6 Å². The number of carbonyl (C=O) groups is 1. The lowest BCUT2D eigenvalue weighted by atomic mass is 10.1. The Bertz CT molecular complexity index is 907. The van der Waals surface area contributed by atoms with Gasteiger partial charge in [0.2, 0.25) is 0 Å². The SMILES string of the molecule is CCC(C)N(C(=O)c1ccc(Cl)cc1Cl)c1csc(-c2ccccc2)c1. The van der Waals surface area contributed by atoms with Crippen LogP contribution in [-0.4, -0.2) is 11.9 Å². The van der Waals surface area contributed by atoms with E-state index in [0.717, 1.165) is 22.5 Å². The van der Waals surface area contributed by atoms with Crippen LogP contribution in [0.5, 0.6) is 0 Å². The van der Waals surface area contributed by atoms with Gasteiger partial charge in [0.25, 0.3) is 5.91 Å². The molecule has 0 aliphatic rings. The van der Waals surface area contributed by atoms with E-state index in [1.54, 1.807) is 29.5 Å². The van der Waals surface area contributed by atoms with Crippen LogP contribution in [0.15, 0.2) is 60.0 Å². The quantitative estimate of drug-likeness (QED) is 0.442. The number of amides is 1. The lowest BCUT2D eigenvalue weighted by molar-refractivity contribution is 0.0978. The number of hydrogen-bond acceptors (Lipinski definition) is 2.